The molecule has 0 bridgehead atoms. The number of nitrogens with zero attached hydrogens (tertiary/aromatic N) is 4. The smallest absolute Gasteiger partial charge is 0.118 e. The molecule has 7 heteroatoms. The molecule has 0 saturated carbocycles. The standard InChI is InChI=1S/C38H26N4O2S/c1-43-33-15-11-27(12-16-33)31(23-39)21-25-3-7-29(8-4-25)35-19-20-36(38-37(35)41-45-42-38)30-9-5-26(6-10-30)22-32(24-40)28-13-17-34(44-2)18-14-28/h3-22H,1-2H3/b31-21-,32-22+. The summed E-state index contributed by atoms with van der Waals surface area (Å²) < 4.78 is 19.7. The Morgan fingerprint density at radius 1 is 0.556 bits per heavy atom. The van der Waals surface area contributed by atoms with Gasteiger partial charge in [0, 0.05) is 11.1 Å². The number of methoxy groups -OCH3 is 2. The third-order valence-electron chi connectivity index (χ3n) is 7.52. The molecule has 0 aliphatic heterocycles. The summed E-state index contributed by atoms with van der Waals surface area (Å²) in [7, 11) is 3.24. The normalized spacial score (nSPS) is 11.6. The van der Waals surface area contributed by atoms with Gasteiger partial charge >= 0.3 is 0 Å². The van der Waals surface area contributed by atoms with Gasteiger partial charge in [-0.05, 0) is 94.1 Å². The molecule has 6 rings (SSSR count). The first-order chi connectivity index (χ1) is 22.1. The Balaban J connectivity index is 1.25. The predicted octanol–water partition coefficient (Wildman–Crippen LogP) is 9.17. The monoisotopic (exact) mass is 602 g/mol. The van der Waals surface area contributed by atoms with Crippen LogP contribution in [0.15, 0.2) is 109 Å². The van der Waals surface area contributed by atoms with Gasteiger partial charge in [0.15, 0.2) is 0 Å². The van der Waals surface area contributed by atoms with E-state index in [1.54, 1.807) is 14.2 Å². The van der Waals surface area contributed by atoms with Crippen LogP contribution >= 0.6 is 11.7 Å². The molecule has 216 valence electrons. The van der Waals surface area contributed by atoms with E-state index in [0.717, 1.165) is 67.0 Å². The van der Waals surface area contributed by atoms with Gasteiger partial charge in [0.25, 0.3) is 0 Å². The van der Waals surface area contributed by atoms with Crippen LogP contribution in [0.2, 0.25) is 0 Å². The second-order valence-electron chi connectivity index (χ2n) is 10.2. The minimum absolute atomic E-state index is 0.576. The summed E-state index contributed by atoms with van der Waals surface area (Å²) in [6.07, 6.45) is 3.76. The van der Waals surface area contributed by atoms with Crippen LogP contribution in [0.3, 0.4) is 0 Å². The molecule has 0 N–H and O–H groups in total. The Morgan fingerprint density at radius 2 is 0.933 bits per heavy atom. The van der Waals surface area contributed by atoms with Crippen molar-refractivity contribution < 1.29 is 9.47 Å². The topological polar surface area (TPSA) is 91.8 Å². The van der Waals surface area contributed by atoms with Crippen LogP contribution in [-0.2, 0) is 0 Å². The number of hydrogen-bond donors (Lipinski definition) is 0. The molecule has 0 radical (unpaired) electrons. The van der Waals surface area contributed by atoms with Crippen molar-refractivity contribution in [2.24, 2.45) is 0 Å². The van der Waals surface area contributed by atoms with Crippen LogP contribution in [-0.4, -0.2) is 23.0 Å². The molecule has 0 saturated heterocycles. The summed E-state index contributed by atoms with van der Waals surface area (Å²) in [4.78, 5) is 0. The Bertz CT molecular complexity index is 1960. The van der Waals surface area contributed by atoms with Crippen LogP contribution in [0.1, 0.15) is 22.3 Å². The fraction of sp³-hybridized carbons (Fsp3) is 0.0526. The van der Waals surface area contributed by atoms with Crippen molar-refractivity contribution in [3.8, 4) is 45.9 Å². The van der Waals surface area contributed by atoms with E-state index in [9.17, 15) is 10.5 Å². The predicted molar refractivity (Wildman–Crippen MR) is 181 cm³/mol. The molecule has 6 nitrogen and oxygen atoms in total. The van der Waals surface area contributed by atoms with Crippen molar-refractivity contribution in [1.82, 2.24) is 8.75 Å². The Kier molecular flexibility index (Phi) is 8.46. The minimum Gasteiger partial charge on any atom is -0.497 e. The highest BCUT2D eigenvalue weighted by atomic mass is 32.1. The first kappa shape index (κ1) is 29.1. The SMILES string of the molecule is COc1ccc(/C(C#N)=C/c2ccc(-c3ccc(-c4ccc(/C=C(/C#N)c5ccc(OC)cc5)cc4)c4nsnc34)cc2)cc1. The van der Waals surface area contributed by atoms with E-state index in [4.69, 9.17) is 9.47 Å². The van der Waals surface area contributed by atoms with E-state index in [0.29, 0.717) is 11.1 Å². The van der Waals surface area contributed by atoms with Crippen molar-refractivity contribution in [3.63, 3.8) is 0 Å². The Morgan fingerprint density at radius 3 is 1.27 bits per heavy atom. The minimum atomic E-state index is 0.576. The first-order valence-corrected chi connectivity index (χ1v) is 14.8. The fourth-order valence-corrected chi connectivity index (χ4v) is 5.66. The van der Waals surface area contributed by atoms with Crippen LogP contribution < -0.4 is 9.47 Å². The van der Waals surface area contributed by atoms with Gasteiger partial charge in [0.2, 0.25) is 0 Å². The lowest BCUT2D eigenvalue weighted by molar-refractivity contribution is 0.414. The summed E-state index contributed by atoms with van der Waals surface area (Å²) in [5.41, 5.74) is 10.4. The number of ether oxygens (including phenoxy) is 2. The third kappa shape index (κ3) is 6.21. The van der Waals surface area contributed by atoms with Crippen LogP contribution in [0.5, 0.6) is 11.5 Å². The van der Waals surface area contributed by atoms with E-state index >= 15 is 0 Å². The average Bonchev–Trinajstić information content (AvgIpc) is 3.60. The van der Waals surface area contributed by atoms with Crippen LogP contribution in [0.4, 0.5) is 0 Å². The molecule has 1 heterocycles. The lowest BCUT2D eigenvalue weighted by atomic mass is 9.96. The van der Waals surface area contributed by atoms with Crippen molar-refractivity contribution in [1.29, 1.82) is 10.5 Å². The second kappa shape index (κ2) is 13.1. The summed E-state index contributed by atoms with van der Waals surface area (Å²) in [5, 5.41) is 19.5. The van der Waals surface area contributed by atoms with Gasteiger partial charge in [-0.15, -0.1) is 0 Å². The summed E-state index contributed by atoms with van der Waals surface area (Å²) in [6.45, 7) is 0. The van der Waals surface area contributed by atoms with Gasteiger partial charge < -0.3 is 9.47 Å². The summed E-state index contributed by atoms with van der Waals surface area (Å²) >= 11 is 1.19. The molecule has 45 heavy (non-hydrogen) atoms. The molecule has 0 aliphatic carbocycles. The lowest BCUT2D eigenvalue weighted by Gasteiger charge is -2.08. The zero-order valence-electron chi connectivity index (χ0n) is 24.6. The zero-order chi connectivity index (χ0) is 31.2. The van der Waals surface area contributed by atoms with Crippen molar-refractivity contribution in [3.05, 3.63) is 131 Å². The maximum atomic E-state index is 9.76. The number of hydrogen-bond acceptors (Lipinski definition) is 7. The molecule has 1 aromatic heterocycles. The molecule has 0 spiro atoms. The van der Waals surface area contributed by atoms with Crippen molar-refractivity contribution >= 4 is 46.1 Å². The Hall–Kier alpha value is -6.02. The molecule has 0 atom stereocenters. The molecular weight excluding hydrogens is 577 g/mol. The highest BCUT2D eigenvalue weighted by Gasteiger charge is 2.14. The van der Waals surface area contributed by atoms with Crippen molar-refractivity contribution in [2.75, 3.05) is 14.2 Å². The molecule has 0 aliphatic rings. The van der Waals surface area contributed by atoms with Gasteiger partial charge in [-0.1, -0.05) is 60.7 Å². The molecule has 5 aromatic carbocycles. The summed E-state index contributed by atoms with van der Waals surface area (Å²) in [5.74, 6) is 1.50. The molecular formula is C38H26N4O2S. The van der Waals surface area contributed by atoms with Crippen molar-refractivity contribution in [2.45, 2.75) is 0 Å². The zero-order valence-corrected chi connectivity index (χ0v) is 25.4. The van der Waals surface area contributed by atoms with E-state index in [2.05, 4.69) is 33.0 Å². The number of aromatic nitrogens is 2. The number of allylic oxidation sites excluding steroid dienone is 2. The first-order valence-electron chi connectivity index (χ1n) is 14.1. The molecule has 0 fully saturated rings. The number of fused-ring (bicyclic) bond motifs is 1. The maximum Gasteiger partial charge on any atom is 0.118 e. The highest BCUT2D eigenvalue weighted by molar-refractivity contribution is 7.00. The Labute approximate surface area is 265 Å². The average molecular weight is 603 g/mol. The fourth-order valence-electron chi connectivity index (χ4n) is 5.09. The molecule has 0 amide bonds. The summed E-state index contributed by atoms with van der Waals surface area (Å²) in [6, 6.07) is 39.8. The van der Waals surface area contributed by atoms with E-state index in [-0.39, 0.29) is 0 Å². The molecule has 0 unspecified atom stereocenters. The molecule has 6 aromatic rings. The highest BCUT2D eigenvalue weighted by Crippen LogP contribution is 2.35. The van der Waals surface area contributed by atoms with Gasteiger partial charge in [0.1, 0.15) is 22.5 Å². The van der Waals surface area contributed by atoms with E-state index < -0.39 is 0 Å². The van der Waals surface area contributed by atoms with Crippen LogP contribution in [0.25, 0.3) is 56.6 Å². The van der Waals surface area contributed by atoms with Crippen LogP contribution in [0, 0.1) is 22.7 Å². The largest absolute Gasteiger partial charge is 0.497 e. The van der Waals surface area contributed by atoms with E-state index in [1.807, 2.05) is 109 Å². The van der Waals surface area contributed by atoms with Gasteiger partial charge in [-0.3, -0.25) is 0 Å². The number of nitriles is 2. The van der Waals surface area contributed by atoms with Gasteiger partial charge in [-0.2, -0.15) is 19.3 Å². The third-order valence-corrected chi connectivity index (χ3v) is 8.05. The lowest BCUT2D eigenvalue weighted by Crippen LogP contribution is -1.87. The van der Waals surface area contributed by atoms with Gasteiger partial charge in [0.05, 0.1) is 49.2 Å². The number of rotatable bonds is 8. The second-order valence-corrected chi connectivity index (χ2v) is 10.7. The number of benzene rings is 5. The van der Waals surface area contributed by atoms with E-state index in [1.165, 1.54) is 11.7 Å². The quantitative estimate of drug-likeness (QED) is 0.127. The maximum absolute atomic E-state index is 9.76. The van der Waals surface area contributed by atoms with Gasteiger partial charge in [-0.25, -0.2) is 0 Å².